The first-order valence-corrected chi connectivity index (χ1v) is 8.17. The van der Waals surface area contributed by atoms with Gasteiger partial charge in [0.25, 0.3) is 10.9 Å². The number of carboxylic acid groups (broad SMARTS) is 1. The van der Waals surface area contributed by atoms with Crippen LogP contribution in [0.5, 0.6) is 0 Å². The van der Waals surface area contributed by atoms with Crippen LogP contribution in [-0.4, -0.2) is 11.1 Å². The molecule has 0 saturated heterocycles. The van der Waals surface area contributed by atoms with E-state index in [4.69, 9.17) is 9.52 Å². The van der Waals surface area contributed by atoms with Gasteiger partial charge in [0.1, 0.15) is 22.9 Å². The Morgan fingerprint density at radius 3 is 2.50 bits per heavy atom. The third kappa shape index (κ3) is 3.23. The monoisotopic (exact) mass is 354 g/mol. The number of benzene rings is 1. The lowest BCUT2D eigenvalue weighted by molar-refractivity contribution is 0.0697. The number of carbonyl (C=O) groups is 1. The van der Waals surface area contributed by atoms with Crippen molar-refractivity contribution in [1.29, 1.82) is 0 Å². The van der Waals surface area contributed by atoms with Gasteiger partial charge in [0.15, 0.2) is 0 Å². The maximum Gasteiger partial charge on any atom is 0.335 e. The molecule has 0 bridgehead atoms. The Morgan fingerprint density at radius 2 is 1.88 bits per heavy atom. The molecule has 3 N–H and O–H groups in total. The number of anilines is 3. The first-order chi connectivity index (χ1) is 12.4. The van der Waals surface area contributed by atoms with Gasteiger partial charge in [-0.3, -0.25) is 9.59 Å². The summed E-state index contributed by atoms with van der Waals surface area (Å²) < 4.78 is 5.60. The van der Waals surface area contributed by atoms with Crippen LogP contribution in [0.3, 0.4) is 0 Å². The summed E-state index contributed by atoms with van der Waals surface area (Å²) in [6.45, 7) is 3.76. The molecule has 1 aromatic heterocycles. The van der Waals surface area contributed by atoms with Gasteiger partial charge in [-0.2, -0.15) is 0 Å². The molecule has 0 unspecified atom stereocenters. The molecule has 0 radical (unpaired) electrons. The van der Waals surface area contributed by atoms with E-state index in [2.05, 4.69) is 10.6 Å². The minimum absolute atomic E-state index is 0.0840. The van der Waals surface area contributed by atoms with Gasteiger partial charge in [-0.25, -0.2) is 4.79 Å². The fraction of sp³-hybridized carbons (Fsp3) is 0.211. The summed E-state index contributed by atoms with van der Waals surface area (Å²) in [6.07, 6.45) is 0.652. The van der Waals surface area contributed by atoms with Crippen LogP contribution < -0.4 is 21.5 Å². The number of aryl methyl sites for hydroxylation is 1. The molecular formula is C19H18N2O5. The van der Waals surface area contributed by atoms with Crippen molar-refractivity contribution in [2.75, 3.05) is 10.6 Å². The van der Waals surface area contributed by atoms with Crippen molar-refractivity contribution in [3.63, 3.8) is 0 Å². The van der Waals surface area contributed by atoms with Crippen molar-refractivity contribution >= 4 is 23.0 Å². The predicted octanol–water partition coefficient (Wildman–Crippen LogP) is 3.19. The Labute approximate surface area is 149 Å². The van der Waals surface area contributed by atoms with E-state index in [1.54, 1.807) is 12.1 Å². The fourth-order valence-electron chi connectivity index (χ4n) is 2.71. The van der Waals surface area contributed by atoms with Crippen LogP contribution in [0.1, 0.15) is 41.3 Å². The van der Waals surface area contributed by atoms with E-state index in [1.165, 1.54) is 12.1 Å². The molecule has 0 fully saturated rings. The van der Waals surface area contributed by atoms with Crippen LogP contribution in [0.2, 0.25) is 0 Å². The molecule has 0 aliphatic heterocycles. The van der Waals surface area contributed by atoms with E-state index < -0.39 is 16.8 Å². The molecule has 26 heavy (non-hydrogen) atoms. The highest BCUT2D eigenvalue weighted by atomic mass is 16.4. The maximum absolute atomic E-state index is 12.0. The second-order valence-electron chi connectivity index (χ2n) is 5.97. The highest BCUT2D eigenvalue weighted by Crippen LogP contribution is 2.28. The summed E-state index contributed by atoms with van der Waals surface area (Å²) in [5, 5.41) is 15.0. The van der Waals surface area contributed by atoms with Gasteiger partial charge >= 0.3 is 5.97 Å². The van der Waals surface area contributed by atoms with Gasteiger partial charge in [0, 0.05) is 5.69 Å². The van der Waals surface area contributed by atoms with Crippen LogP contribution in [0.4, 0.5) is 17.1 Å². The summed E-state index contributed by atoms with van der Waals surface area (Å²) in [5.74, 6) is 0.363. The molecule has 3 rings (SSSR count). The van der Waals surface area contributed by atoms with Gasteiger partial charge in [0.2, 0.25) is 0 Å². The molecule has 0 aliphatic carbocycles. The third-order valence-electron chi connectivity index (χ3n) is 4.12. The number of rotatable bonds is 7. The van der Waals surface area contributed by atoms with Crippen LogP contribution in [0.15, 0.2) is 50.4 Å². The van der Waals surface area contributed by atoms with Gasteiger partial charge in [-0.15, -0.1) is 0 Å². The minimum atomic E-state index is -1.07. The number of furan rings is 1. The Hall–Kier alpha value is -3.35. The standard InChI is InChI=1S/C19H18N2O5/c1-3-13(14-8-7-10(2)26-14)21-16-15(17(22)18(16)23)20-12-6-4-5-11(9-12)19(24)25/h4-9,13,20-21H,3H2,1-2H3,(H,24,25)/t13-/m1/s1. The Balaban J connectivity index is 1.86. The molecule has 2 aromatic carbocycles. The second kappa shape index (κ2) is 6.87. The first-order valence-electron chi connectivity index (χ1n) is 8.17. The Morgan fingerprint density at radius 1 is 1.15 bits per heavy atom. The van der Waals surface area contributed by atoms with Crippen LogP contribution in [-0.2, 0) is 0 Å². The highest BCUT2D eigenvalue weighted by Gasteiger charge is 2.25. The molecule has 1 heterocycles. The minimum Gasteiger partial charge on any atom is -0.478 e. The summed E-state index contributed by atoms with van der Waals surface area (Å²) in [4.78, 5) is 35.0. The summed E-state index contributed by atoms with van der Waals surface area (Å²) in [7, 11) is 0. The Kier molecular flexibility index (Phi) is 4.62. The Bertz CT molecular complexity index is 1030. The number of hydrogen-bond acceptors (Lipinski definition) is 6. The zero-order chi connectivity index (χ0) is 18.8. The normalized spacial score (nSPS) is 12.1. The van der Waals surface area contributed by atoms with E-state index in [9.17, 15) is 14.4 Å². The van der Waals surface area contributed by atoms with Crippen molar-refractivity contribution in [1.82, 2.24) is 0 Å². The summed E-state index contributed by atoms with van der Waals surface area (Å²) in [6, 6.07) is 9.43. The molecule has 0 spiro atoms. The maximum atomic E-state index is 12.0. The van der Waals surface area contributed by atoms with Crippen molar-refractivity contribution in [2.45, 2.75) is 26.3 Å². The lowest BCUT2D eigenvalue weighted by Crippen LogP contribution is -2.37. The first kappa shape index (κ1) is 17.5. The molecule has 0 amide bonds. The molecule has 7 heteroatoms. The summed E-state index contributed by atoms with van der Waals surface area (Å²) in [5.41, 5.74) is -0.444. The molecule has 3 aromatic rings. The quantitative estimate of drug-likeness (QED) is 0.559. The van der Waals surface area contributed by atoms with E-state index in [1.807, 2.05) is 26.0 Å². The number of hydrogen-bond donors (Lipinski definition) is 3. The van der Waals surface area contributed by atoms with Crippen molar-refractivity contribution < 1.29 is 14.3 Å². The van der Waals surface area contributed by atoms with Crippen molar-refractivity contribution in [2.24, 2.45) is 0 Å². The number of aromatic carboxylic acids is 1. The lowest BCUT2D eigenvalue weighted by Gasteiger charge is -2.20. The van der Waals surface area contributed by atoms with E-state index in [-0.39, 0.29) is 23.0 Å². The fourth-order valence-corrected chi connectivity index (χ4v) is 2.71. The van der Waals surface area contributed by atoms with E-state index >= 15 is 0 Å². The number of carboxylic acids is 1. The van der Waals surface area contributed by atoms with Gasteiger partial charge in [-0.1, -0.05) is 13.0 Å². The third-order valence-corrected chi connectivity index (χ3v) is 4.12. The highest BCUT2D eigenvalue weighted by molar-refractivity contribution is 5.89. The zero-order valence-electron chi connectivity index (χ0n) is 14.3. The zero-order valence-corrected chi connectivity index (χ0v) is 14.3. The molecule has 1 atom stereocenters. The molecule has 134 valence electrons. The second-order valence-corrected chi connectivity index (χ2v) is 5.97. The van der Waals surface area contributed by atoms with Gasteiger partial charge in [0.05, 0.1) is 11.6 Å². The van der Waals surface area contributed by atoms with E-state index in [0.29, 0.717) is 17.9 Å². The average Bonchev–Trinajstić information content (AvgIpc) is 3.07. The topological polar surface area (TPSA) is 109 Å². The van der Waals surface area contributed by atoms with Crippen LogP contribution in [0, 0.1) is 6.92 Å². The predicted molar refractivity (Wildman–Crippen MR) is 98.1 cm³/mol. The molecular weight excluding hydrogens is 336 g/mol. The van der Waals surface area contributed by atoms with Crippen LogP contribution in [0.25, 0.3) is 0 Å². The average molecular weight is 354 g/mol. The van der Waals surface area contributed by atoms with Crippen LogP contribution >= 0.6 is 0 Å². The van der Waals surface area contributed by atoms with Gasteiger partial charge < -0.3 is 20.2 Å². The van der Waals surface area contributed by atoms with E-state index in [0.717, 1.165) is 5.76 Å². The lowest BCUT2D eigenvalue weighted by atomic mass is 10.1. The largest absolute Gasteiger partial charge is 0.478 e. The molecule has 7 nitrogen and oxygen atoms in total. The van der Waals surface area contributed by atoms with Crippen molar-refractivity contribution in [3.05, 3.63) is 73.9 Å². The van der Waals surface area contributed by atoms with Crippen molar-refractivity contribution in [3.8, 4) is 0 Å². The van der Waals surface area contributed by atoms with Gasteiger partial charge in [-0.05, 0) is 43.7 Å². The molecule has 0 aliphatic rings. The molecule has 0 saturated carbocycles. The smallest absolute Gasteiger partial charge is 0.335 e. The number of nitrogens with one attached hydrogen (secondary N) is 2. The SMILES string of the molecule is CC[C@@H](Nc1c(Nc2cccc(C(=O)O)c2)c(=O)c1=O)c1ccc(C)o1. The summed E-state index contributed by atoms with van der Waals surface area (Å²) >= 11 is 0.